The fourth-order valence-electron chi connectivity index (χ4n) is 2.29. The van der Waals surface area contributed by atoms with Crippen LogP contribution in [0.5, 0.6) is 11.5 Å². The van der Waals surface area contributed by atoms with E-state index in [1.165, 1.54) is 23.1 Å². The van der Waals surface area contributed by atoms with E-state index in [2.05, 4.69) is 0 Å². The average Bonchev–Trinajstić information content (AvgIpc) is 2.64. The summed E-state index contributed by atoms with van der Waals surface area (Å²) in [7, 11) is 1.56. The predicted octanol–water partition coefficient (Wildman–Crippen LogP) is 3.15. The van der Waals surface area contributed by atoms with Gasteiger partial charge in [-0.15, -0.1) is 4.73 Å². The number of hydrogen-bond donors (Lipinski definition) is 1. The minimum absolute atomic E-state index is 0.111. The van der Waals surface area contributed by atoms with Crippen LogP contribution in [0.4, 0.5) is 5.69 Å². The van der Waals surface area contributed by atoms with Gasteiger partial charge in [0.25, 0.3) is 11.5 Å². The summed E-state index contributed by atoms with van der Waals surface area (Å²) in [5.41, 5.74) is -0.174. The highest BCUT2D eigenvalue weighted by Crippen LogP contribution is 2.24. The molecule has 1 heterocycles. The minimum Gasteiger partial charge on any atom is -0.457 e. The summed E-state index contributed by atoms with van der Waals surface area (Å²) in [5, 5.41) is 9.71. The number of carbonyl (C=O) groups is 1. The third kappa shape index (κ3) is 3.53. The van der Waals surface area contributed by atoms with Crippen molar-refractivity contribution in [1.29, 1.82) is 0 Å². The molecule has 0 aliphatic rings. The number of rotatable bonds is 4. The molecule has 0 aliphatic heterocycles. The zero-order valence-corrected chi connectivity index (χ0v) is 13.5. The number of hydrogen-bond acceptors (Lipinski definition) is 4. The second-order valence-corrected chi connectivity index (χ2v) is 5.33. The number of ether oxygens (including phenoxy) is 1. The highest BCUT2D eigenvalue weighted by molar-refractivity contribution is 6.04. The van der Waals surface area contributed by atoms with Crippen molar-refractivity contribution in [2.24, 2.45) is 0 Å². The Morgan fingerprint density at radius 3 is 2.24 bits per heavy atom. The second kappa shape index (κ2) is 6.92. The summed E-state index contributed by atoms with van der Waals surface area (Å²) in [5.74, 6) is 0.847. The summed E-state index contributed by atoms with van der Waals surface area (Å²) >= 11 is 0. The van der Waals surface area contributed by atoms with Crippen molar-refractivity contribution in [2.75, 3.05) is 11.9 Å². The van der Waals surface area contributed by atoms with Crippen molar-refractivity contribution in [2.45, 2.75) is 0 Å². The van der Waals surface area contributed by atoms with E-state index in [4.69, 9.17) is 4.74 Å². The Hall–Kier alpha value is -3.54. The molecule has 1 aromatic heterocycles. The van der Waals surface area contributed by atoms with Gasteiger partial charge in [-0.3, -0.25) is 9.59 Å². The monoisotopic (exact) mass is 336 g/mol. The molecule has 0 unspecified atom stereocenters. The van der Waals surface area contributed by atoms with Crippen LogP contribution in [0.3, 0.4) is 0 Å². The Morgan fingerprint density at radius 1 is 0.920 bits per heavy atom. The lowest BCUT2D eigenvalue weighted by atomic mass is 10.2. The van der Waals surface area contributed by atoms with Gasteiger partial charge in [-0.25, -0.2) is 0 Å². The molecule has 0 aliphatic carbocycles. The molecule has 126 valence electrons. The van der Waals surface area contributed by atoms with E-state index in [1.54, 1.807) is 31.3 Å². The molecule has 0 bridgehead atoms. The maximum atomic E-state index is 12.5. The molecular weight excluding hydrogens is 320 g/mol. The maximum Gasteiger partial charge on any atom is 0.283 e. The molecular formula is C19H16N2O4. The number of para-hydroxylation sites is 1. The number of anilines is 1. The van der Waals surface area contributed by atoms with Crippen LogP contribution in [-0.2, 0) is 0 Å². The topological polar surface area (TPSA) is 71.8 Å². The Balaban J connectivity index is 1.78. The van der Waals surface area contributed by atoms with Gasteiger partial charge in [-0.1, -0.05) is 24.3 Å². The molecule has 25 heavy (non-hydrogen) atoms. The average molecular weight is 336 g/mol. The number of nitrogens with zero attached hydrogens (tertiary/aromatic N) is 2. The normalized spacial score (nSPS) is 10.3. The molecule has 3 rings (SSSR count). The smallest absolute Gasteiger partial charge is 0.283 e. The first kappa shape index (κ1) is 16.3. The van der Waals surface area contributed by atoms with Crippen molar-refractivity contribution in [1.82, 2.24) is 4.73 Å². The summed E-state index contributed by atoms with van der Waals surface area (Å²) in [4.78, 5) is 25.3. The second-order valence-electron chi connectivity index (χ2n) is 5.33. The number of amides is 1. The van der Waals surface area contributed by atoms with Crippen LogP contribution in [0.1, 0.15) is 10.5 Å². The molecule has 0 radical (unpaired) electrons. The first-order valence-corrected chi connectivity index (χ1v) is 7.58. The van der Waals surface area contributed by atoms with Crippen molar-refractivity contribution >= 4 is 11.6 Å². The first-order chi connectivity index (χ1) is 12.1. The summed E-state index contributed by atoms with van der Waals surface area (Å²) in [6, 6.07) is 20.3. The van der Waals surface area contributed by atoms with Gasteiger partial charge in [0.2, 0.25) is 0 Å². The van der Waals surface area contributed by atoms with E-state index in [1.807, 2.05) is 30.3 Å². The largest absolute Gasteiger partial charge is 0.457 e. The summed E-state index contributed by atoms with van der Waals surface area (Å²) < 4.78 is 6.04. The van der Waals surface area contributed by atoms with Gasteiger partial charge in [0.05, 0.1) is 0 Å². The number of aromatic nitrogens is 1. The van der Waals surface area contributed by atoms with Gasteiger partial charge in [0.1, 0.15) is 17.2 Å². The van der Waals surface area contributed by atoms with Crippen LogP contribution >= 0.6 is 0 Å². The fraction of sp³-hybridized carbons (Fsp3) is 0.0526. The molecule has 1 amide bonds. The van der Waals surface area contributed by atoms with Crippen molar-refractivity contribution in [3.63, 3.8) is 0 Å². The van der Waals surface area contributed by atoms with E-state index >= 15 is 0 Å². The van der Waals surface area contributed by atoms with Gasteiger partial charge < -0.3 is 14.8 Å². The van der Waals surface area contributed by atoms with Gasteiger partial charge >= 0.3 is 0 Å². The Morgan fingerprint density at radius 2 is 1.56 bits per heavy atom. The van der Waals surface area contributed by atoms with E-state index in [9.17, 15) is 14.8 Å². The van der Waals surface area contributed by atoms with Gasteiger partial charge in [0.15, 0.2) is 0 Å². The SMILES string of the molecule is CN(C(=O)c1cccc(=O)n1O)c1ccc(Oc2ccccc2)cc1. The molecule has 2 aromatic carbocycles. The summed E-state index contributed by atoms with van der Waals surface area (Å²) in [6.07, 6.45) is 0. The van der Waals surface area contributed by atoms with Gasteiger partial charge in [0, 0.05) is 18.8 Å². The van der Waals surface area contributed by atoms with Crippen LogP contribution in [0.2, 0.25) is 0 Å². The van der Waals surface area contributed by atoms with E-state index in [0.717, 1.165) is 0 Å². The predicted molar refractivity (Wildman–Crippen MR) is 93.6 cm³/mol. The quantitative estimate of drug-likeness (QED) is 0.743. The van der Waals surface area contributed by atoms with Gasteiger partial charge in [-0.05, 0) is 42.5 Å². The molecule has 0 atom stereocenters. The number of carbonyl (C=O) groups excluding carboxylic acids is 1. The molecule has 1 N–H and O–H groups in total. The maximum absolute atomic E-state index is 12.5. The van der Waals surface area contributed by atoms with Crippen LogP contribution in [-0.4, -0.2) is 22.9 Å². The lowest BCUT2D eigenvalue weighted by Crippen LogP contribution is -2.32. The van der Waals surface area contributed by atoms with Crippen LogP contribution in [0.15, 0.2) is 77.6 Å². The third-order valence-corrected chi connectivity index (χ3v) is 3.66. The lowest BCUT2D eigenvalue weighted by molar-refractivity contribution is 0.0931. The number of pyridine rings is 1. The van der Waals surface area contributed by atoms with Crippen molar-refractivity contribution in [3.8, 4) is 11.5 Å². The highest BCUT2D eigenvalue weighted by Gasteiger charge is 2.17. The zero-order chi connectivity index (χ0) is 17.8. The van der Waals surface area contributed by atoms with Crippen LogP contribution in [0, 0.1) is 0 Å². The molecule has 6 heteroatoms. The lowest BCUT2D eigenvalue weighted by Gasteiger charge is -2.18. The zero-order valence-electron chi connectivity index (χ0n) is 13.5. The van der Waals surface area contributed by atoms with E-state index < -0.39 is 11.5 Å². The van der Waals surface area contributed by atoms with Crippen molar-refractivity contribution < 1.29 is 14.7 Å². The minimum atomic E-state index is -0.661. The Bertz CT molecular complexity index is 934. The van der Waals surface area contributed by atoms with Crippen molar-refractivity contribution in [3.05, 3.63) is 88.8 Å². The molecule has 6 nitrogen and oxygen atoms in total. The fourth-order valence-corrected chi connectivity index (χ4v) is 2.29. The Kier molecular flexibility index (Phi) is 4.52. The number of benzene rings is 2. The van der Waals surface area contributed by atoms with Gasteiger partial charge in [-0.2, -0.15) is 0 Å². The van der Waals surface area contributed by atoms with Crippen LogP contribution in [0.25, 0.3) is 0 Å². The van der Waals surface area contributed by atoms with E-state index in [0.29, 0.717) is 21.9 Å². The molecule has 3 aromatic rings. The summed E-state index contributed by atoms with van der Waals surface area (Å²) in [6.45, 7) is 0. The molecule has 0 saturated heterocycles. The highest BCUT2D eigenvalue weighted by atomic mass is 16.5. The third-order valence-electron chi connectivity index (χ3n) is 3.66. The molecule has 0 saturated carbocycles. The first-order valence-electron chi connectivity index (χ1n) is 7.58. The van der Waals surface area contributed by atoms with E-state index in [-0.39, 0.29) is 5.69 Å². The Labute approximate surface area is 144 Å². The molecule has 0 fully saturated rings. The standard InChI is InChI=1S/C19H16N2O4/c1-20(19(23)17-8-5-9-18(22)21(17)24)14-10-12-16(13-11-14)25-15-6-3-2-4-7-15/h2-13,24H,1H3. The molecule has 0 spiro atoms. The van der Waals surface area contributed by atoms with Crippen LogP contribution < -0.4 is 15.2 Å².